The summed E-state index contributed by atoms with van der Waals surface area (Å²) in [6.07, 6.45) is 3.15. The monoisotopic (exact) mass is 463 g/mol. The van der Waals surface area contributed by atoms with Crippen LogP contribution in [0.4, 0.5) is 17.2 Å². The largest absolute Gasteiger partial charge is 0.361 e. The van der Waals surface area contributed by atoms with Gasteiger partial charge in [0.2, 0.25) is 0 Å². The van der Waals surface area contributed by atoms with Crippen LogP contribution in [0.2, 0.25) is 0 Å². The van der Waals surface area contributed by atoms with Gasteiger partial charge in [0, 0.05) is 30.7 Å². The Kier molecular flexibility index (Phi) is 4.87. The van der Waals surface area contributed by atoms with Crippen LogP contribution in [0.15, 0.2) is 77.4 Å². The number of anilines is 3. The molecular formula is C22H17N5O3S2. The summed E-state index contributed by atoms with van der Waals surface area (Å²) >= 11 is 1.51. The second kappa shape index (κ2) is 7.74. The van der Waals surface area contributed by atoms with Gasteiger partial charge in [0.1, 0.15) is 5.82 Å². The van der Waals surface area contributed by atoms with Gasteiger partial charge in [-0.05, 0) is 48.5 Å². The van der Waals surface area contributed by atoms with Gasteiger partial charge in [0.05, 0.1) is 31.9 Å². The maximum absolute atomic E-state index is 12.9. The molecule has 32 heavy (non-hydrogen) atoms. The van der Waals surface area contributed by atoms with Crippen molar-refractivity contribution in [2.75, 3.05) is 22.0 Å². The Bertz CT molecular complexity index is 1460. The molecule has 0 radical (unpaired) electrons. The van der Waals surface area contributed by atoms with E-state index in [1.54, 1.807) is 48.2 Å². The van der Waals surface area contributed by atoms with Crippen LogP contribution >= 0.6 is 11.3 Å². The Hall–Kier alpha value is -3.76. The van der Waals surface area contributed by atoms with Crippen LogP contribution in [0.1, 0.15) is 5.56 Å². The van der Waals surface area contributed by atoms with Crippen molar-refractivity contribution in [3.05, 3.63) is 78.1 Å². The normalized spacial score (nSPS) is 14.4. The molecule has 0 bridgehead atoms. The van der Waals surface area contributed by atoms with E-state index in [4.69, 9.17) is 0 Å². The molecule has 2 aromatic carbocycles. The van der Waals surface area contributed by atoms with Gasteiger partial charge >= 0.3 is 0 Å². The van der Waals surface area contributed by atoms with Crippen LogP contribution in [0.5, 0.6) is 0 Å². The Morgan fingerprint density at radius 1 is 1.06 bits per heavy atom. The van der Waals surface area contributed by atoms with Crippen molar-refractivity contribution in [1.82, 2.24) is 9.97 Å². The number of amides is 1. The molecule has 0 aliphatic carbocycles. The number of benzene rings is 2. The molecular weight excluding hydrogens is 446 g/mol. The van der Waals surface area contributed by atoms with Crippen LogP contribution in [0, 0.1) is 0 Å². The number of hydrogen-bond donors (Lipinski definition) is 2. The van der Waals surface area contributed by atoms with E-state index in [0.717, 1.165) is 25.8 Å². The van der Waals surface area contributed by atoms with Crippen molar-refractivity contribution < 1.29 is 13.2 Å². The predicted molar refractivity (Wildman–Crippen MR) is 126 cm³/mol. The molecule has 0 saturated heterocycles. The van der Waals surface area contributed by atoms with E-state index in [1.807, 2.05) is 12.1 Å². The number of carbonyl (C=O) groups excluding carboxylic acids is 1. The summed E-state index contributed by atoms with van der Waals surface area (Å²) in [6.45, 7) is 0. The fourth-order valence-electron chi connectivity index (χ4n) is 3.45. The van der Waals surface area contributed by atoms with Crippen molar-refractivity contribution in [2.24, 2.45) is 0 Å². The predicted octanol–water partition coefficient (Wildman–Crippen LogP) is 3.92. The molecule has 0 saturated carbocycles. The average molecular weight is 464 g/mol. The molecule has 4 aromatic rings. The van der Waals surface area contributed by atoms with Crippen molar-refractivity contribution in [1.29, 1.82) is 0 Å². The lowest BCUT2D eigenvalue weighted by Gasteiger charge is -2.18. The first-order valence-electron chi connectivity index (χ1n) is 9.60. The third-order valence-corrected chi connectivity index (χ3v) is 7.70. The zero-order chi connectivity index (χ0) is 22.3. The number of nitrogens with zero attached hydrogens (tertiary/aromatic N) is 3. The van der Waals surface area contributed by atoms with Gasteiger partial charge in [0.25, 0.3) is 15.9 Å². The molecule has 0 atom stereocenters. The summed E-state index contributed by atoms with van der Waals surface area (Å²) in [5.41, 5.74) is 5.13. The molecule has 5 rings (SSSR count). The zero-order valence-corrected chi connectivity index (χ0v) is 18.4. The fourth-order valence-corrected chi connectivity index (χ4v) is 5.28. The number of rotatable bonds is 5. The second-order valence-electron chi connectivity index (χ2n) is 7.03. The lowest BCUT2D eigenvalue weighted by Crippen LogP contribution is -2.27. The maximum Gasteiger partial charge on any atom is 0.265 e. The van der Waals surface area contributed by atoms with Crippen LogP contribution in [-0.2, 0) is 14.8 Å². The van der Waals surface area contributed by atoms with Crippen LogP contribution < -0.4 is 14.9 Å². The number of nitrogens with one attached hydrogen (secondary N) is 2. The smallest absolute Gasteiger partial charge is 0.265 e. The van der Waals surface area contributed by atoms with E-state index in [2.05, 4.69) is 20.6 Å². The van der Waals surface area contributed by atoms with E-state index >= 15 is 0 Å². The van der Waals surface area contributed by atoms with Crippen molar-refractivity contribution >= 4 is 60.2 Å². The highest BCUT2D eigenvalue weighted by Gasteiger charge is 2.27. The summed E-state index contributed by atoms with van der Waals surface area (Å²) in [5.74, 6) is 0.114. The Labute approximate surface area is 188 Å². The Morgan fingerprint density at radius 3 is 2.62 bits per heavy atom. The average Bonchev–Trinajstić information content (AvgIpc) is 3.41. The van der Waals surface area contributed by atoms with Crippen molar-refractivity contribution in [3.63, 3.8) is 0 Å². The number of carbonyl (C=O) groups is 1. The molecule has 8 nitrogen and oxygen atoms in total. The third-order valence-electron chi connectivity index (χ3n) is 5.13. The minimum atomic E-state index is -3.75. The maximum atomic E-state index is 12.9. The van der Waals surface area contributed by atoms with E-state index in [0.29, 0.717) is 17.1 Å². The first kappa shape index (κ1) is 20.2. The molecule has 0 unspecified atom stereocenters. The number of fused-ring (bicyclic) bond motifs is 3. The SMILES string of the molecule is CN(c1ccccn1)S(=O)(=O)c1ccc(N/C=C2\C(=O)Nc3ccc4scnc4c32)cc1. The van der Waals surface area contributed by atoms with Crippen molar-refractivity contribution in [3.8, 4) is 0 Å². The van der Waals surface area contributed by atoms with E-state index < -0.39 is 10.0 Å². The van der Waals surface area contributed by atoms with Crippen LogP contribution in [-0.4, -0.2) is 31.3 Å². The molecule has 1 aliphatic rings. The lowest BCUT2D eigenvalue weighted by atomic mass is 10.1. The van der Waals surface area contributed by atoms with Gasteiger partial charge < -0.3 is 10.6 Å². The van der Waals surface area contributed by atoms with Crippen LogP contribution in [0.3, 0.4) is 0 Å². The fraction of sp³-hybridized carbons (Fsp3) is 0.0455. The number of aromatic nitrogens is 2. The molecule has 160 valence electrons. The molecule has 1 aliphatic heterocycles. The topological polar surface area (TPSA) is 104 Å². The number of sulfonamides is 1. The van der Waals surface area contributed by atoms with E-state index in [9.17, 15) is 13.2 Å². The first-order chi connectivity index (χ1) is 15.4. The van der Waals surface area contributed by atoms with Gasteiger partial charge in [-0.1, -0.05) is 6.07 Å². The van der Waals surface area contributed by atoms with E-state index in [-0.39, 0.29) is 10.8 Å². The quantitative estimate of drug-likeness (QED) is 0.435. The zero-order valence-electron chi connectivity index (χ0n) is 16.8. The molecule has 2 N–H and O–H groups in total. The van der Waals surface area contributed by atoms with Gasteiger partial charge in [-0.15, -0.1) is 11.3 Å². The number of pyridine rings is 1. The summed E-state index contributed by atoms with van der Waals surface area (Å²) in [6, 6.07) is 15.2. The highest BCUT2D eigenvalue weighted by Crippen LogP contribution is 2.38. The summed E-state index contributed by atoms with van der Waals surface area (Å²) in [4.78, 5) is 21.1. The Balaban J connectivity index is 1.40. The van der Waals surface area contributed by atoms with Crippen molar-refractivity contribution in [2.45, 2.75) is 4.90 Å². The highest BCUT2D eigenvalue weighted by atomic mass is 32.2. The third kappa shape index (κ3) is 3.39. The second-order valence-corrected chi connectivity index (χ2v) is 9.88. The number of thiazole rings is 1. The molecule has 3 heterocycles. The van der Waals surface area contributed by atoms with Gasteiger partial charge in [-0.2, -0.15) is 0 Å². The first-order valence-corrected chi connectivity index (χ1v) is 11.9. The molecule has 0 spiro atoms. The minimum Gasteiger partial charge on any atom is -0.361 e. The Morgan fingerprint density at radius 2 is 1.88 bits per heavy atom. The van der Waals surface area contributed by atoms with Gasteiger partial charge in [-0.25, -0.2) is 18.4 Å². The molecule has 0 fully saturated rings. The van der Waals surface area contributed by atoms with E-state index in [1.165, 1.54) is 30.5 Å². The summed E-state index contributed by atoms with van der Waals surface area (Å²) in [7, 11) is -2.29. The number of hydrogen-bond acceptors (Lipinski definition) is 7. The summed E-state index contributed by atoms with van der Waals surface area (Å²) < 4.78 is 27.9. The van der Waals surface area contributed by atoms with Crippen LogP contribution in [0.25, 0.3) is 15.8 Å². The van der Waals surface area contributed by atoms with Gasteiger partial charge in [0.15, 0.2) is 0 Å². The lowest BCUT2D eigenvalue weighted by molar-refractivity contribution is -0.110. The standard InChI is InChI=1S/C22H17N5O3S2/c1-27(19-4-2-3-11-23-19)32(29,30)15-7-5-14(6-8-15)24-12-16-20-17(26-22(16)28)9-10-18-21(20)25-13-31-18/h2-13,24H,1H3,(H,26,28)/b16-12-. The summed E-state index contributed by atoms with van der Waals surface area (Å²) in [5, 5.41) is 5.94. The molecule has 1 amide bonds. The minimum absolute atomic E-state index is 0.136. The molecule has 2 aromatic heterocycles. The molecule has 10 heteroatoms. The van der Waals surface area contributed by atoms with Gasteiger partial charge in [-0.3, -0.25) is 9.10 Å². The highest BCUT2D eigenvalue weighted by molar-refractivity contribution is 7.92.